The highest BCUT2D eigenvalue weighted by Crippen LogP contribution is 2.15. The molecule has 0 bridgehead atoms. The molecule has 0 saturated heterocycles. The second-order valence-electron chi connectivity index (χ2n) is 4.54. The van der Waals surface area contributed by atoms with E-state index in [9.17, 15) is 4.79 Å². The molecule has 0 N–H and O–H groups in total. The summed E-state index contributed by atoms with van der Waals surface area (Å²) < 4.78 is 1.15. The van der Waals surface area contributed by atoms with Crippen LogP contribution in [0.2, 0.25) is 0 Å². The Kier molecular flexibility index (Phi) is 4.17. The number of carbonyl (C=O) groups excluding carboxylic acids is 1. The zero-order valence-electron chi connectivity index (χ0n) is 10.5. The summed E-state index contributed by atoms with van der Waals surface area (Å²) in [7, 11) is 0. The smallest absolute Gasteiger partial charge is 0.167 e. The van der Waals surface area contributed by atoms with Gasteiger partial charge in [0.15, 0.2) is 5.78 Å². The van der Waals surface area contributed by atoms with E-state index in [0.29, 0.717) is 6.42 Å². The molecule has 0 aromatic heterocycles. The second kappa shape index (κ2) is 5.65. The largest absolute Gasteiger partial charge is 0.294 e. The molecule has 0 aliphatic rings. The summed E-state index contributed by atoms with van der Waals surface area (Å²) in [5.74, 6) is 0.181. The van der Waals surface area contributed by atoms with Gasteiger partial charge in [-0.1, -0.05) is 35.9 Å². The third-order valence-electron chi connectivity index (χ3n) is 3.02. The molecule has 1 nitrogen and oxygen atoms in total. The summed E-state index contributed by atoms with van der Waals surface area (Å²) in [5, 5.41) is 0. The van der Waals surface area contributed by atoms with E-state index < -0.39 is 0 Å². The first-order chi connectivity index (χ1) is 8.56. The second-order valence-corrected chi connectivity index (χ2v) is 5.78. The van der Waals surface area contributed by atoms with Gasteiger partial charge in [-0.05, 0) is 59.7 Å². The van der Waals surface area contributed by atoms with E-state index in [1.54, 1.807) is 0 Å². The topological polar surface area (TPSA) is 17.1 Å². The van der Waals surface area contributed by atoms with Crippen LogP contribution in [-0.4, -0.2) is 5.78 Å². The van der Waals surface area contributed by atoms with Gasteiger partial charge in [-0.3, -0.25) is 4.79 Å². The molecule has 2 aromatic carbocycles. The molecule has 0 heterocycles. The van der Waals surface area contributed by atoms with Crippen molar-refractivity contribution >= 4 is 28.4 Å². The van der Waals surface area contributed by atoms with Gasteiger partial charge in [-0.2, -0.15) is 0 Å². The highest BCUT2D eigenvalue weighted by atomic mass is 127. The van der Waals surface area contributed by atoms with Gasteiger partial charge in [-0.15, -0.1) is 0 Å². The summed E-state index contributed by atoms with van der Waals surface area (Å²) in [6, 6.07) is 14.0. The minimum Gasteiger partial charge on any atom is -0.294 e. The van der Waals surface area contributed by atoms with Crippen molar-refractivity contribution in [2.45, 2.75) is 20.3 Å². The SMILES string of the molecule is Cc1ccc(C)c(CC(=O)c2ccc(I)cc2)c1. The van der Waals surface area contributed by atoms with Gasteiger partial charge in [0, 0.05) is 15.6 Å². The van der Waals surface area contributed by atoms with Gasteiger partial charge in [0.05, 0.1) is 0 Å². The lowest BCUT2D eigenvalue weighted by Gasteiger charge is -2.06. The van der Waals surface area contributed by atoms with Crippen LogP contribution >= 0.6 is 22.6 Å². The van der Waals surface area contributed by atoms with Crippen LogP contribution in [0, 0.1) is 17.4 Å². The molecule has 0 radical (unpaired) electrons. The van der Waals surface area contributed by atoms with Crippen LogP contribution in [-0.2, 0) is 6.42 Å². The quantitative estimate of drug-likeness (QED) is 0.595. The first-order valence-corrected chi connectivity index (χ1v) is 6.99. The first kappa shape index (κ1) is 13.3. The molecule has 0 saturated carbocycles. The minimum absolute atomic E-state index is 0.181. The van der Waals surface area contributed by atoms with Crippen LogP contribution in [0.15, 0.2) is 42.5 Å². The Hall–Kier alpha value is -1.16. The van der Waals surface area contributed by atoms with Gasteiger partial charge >= 0.3 is 0 Å². The summed E-state index contributed by atoms with van der Waals surface area (Å²) in [4.78, 5) is 12.2. The molecule has 0 amide bonds. The molecule has 0 aliphatic carbocycles. The van der Waals surface area contributed by atoms with Gasteiger partial charge in [-0.25, -0.2) is 0 Å². The maximum Gasteiger partial charge on any atom is 0.167 e. The fourth-order valence-electron chi connectivity index (χ4n) is 1.90. The Morgan fingerprint density at radius 1 is 1.06 bits per heavy atom. The Morgan fingerprint density at radius 3 is 2.39 bits per heavy atom. The number of Topliss-reactive ketones (excluding diaryl/α,β-unsaturated/α-hetero) is 1. The Morgan fingerprint density at radius 2 is 1.72 bits per heavy atom. The van der Waals surface area contributed by atoms with Gasteiger partial charge in [0.1, 0.15) is 0 Å². The maximum atomic E-state index is 12.2. The molecule has 18 heavy (non-hydrogen) atoms. The van der Waals surface area contributed by atoms with E-state index in [4.69, 9.17) is 0 Å². The number of rotatable bonds is 3. The monoisotopic (exact) mass is 350 g/mol. The van der Waals surface area contributed by atoms with Crippen LogP contribution in [0.3, 0.4) is 0 Å². The zero-order chi connectivity index (χ0) is 13.1. The van der Waals surface area contributed by atoms with Crippen molar-refractivity contribution in [1.82, 2.24) is 0 Å². The molecular weight excluding hydrogens is 335 g/mol. The van der Waals surface area contributed by atoms with Crippen LogP contribution in [0.5, 0.6) is 0 Å². The predicted octanol–water partition coefficient (Wildman–Crippen LogP) is 4.33. The van der Waals surface area contributed by atoms with Crippen molar-refractivity contribution in [3.8, 4) is 0 Å². The standard InChI is InChI=1S/C16H15IO/c1-11-3-4-12(2)14(9-11)10-16(18)13-5-7-15(17)8-6-13/h3-9H,10H2,1-2H3. The molecule has 0 atom stereocenters. The Labute approximate surface area is 121 Å². The molecule has 0 fully saturated rings. The average molecular weight is 350 g/mol. The highest BCUT2D eigenvalue weighted by Gasteiger charge is 2.08. The third-order valence-corrected chi connectivity index (χ3v) is 3.74. The van der Waals surface area contributed by atoms with Crippen molar-refractivity contribution in [3.05, 3.63) is 68.3 Å². The molecule has 92 valence electrons. The number of halogens is 1. The summed E-state index contributed by atoms with van der Waals surface area (Å²) in [5.41, 5.74) is 4.29. The minimum atomic E-state index is 0.181. The number of carbonyl (C=O) groups is 1. The van der Waals surface area contributed by atoms with Gasteiger partial charge < -0.3 is 0 Å². The van der Waals surface area contributed by atoms with Crippen molar-refractivity contribution in [3.63, 3.8) is 0 Å². The molecule has 0 spiro atoms. The average Bonchev–Trinajstić information content (AvgIpc) is 2.34. The summed E-state index contributed by atoms with van der Waals surface area (Å²) in [6.45, 7) is 4.11. The Balaban J connectivity index is 2.21. The van der Waals surface area contributed by atoms with Crippen molar-refractivity contribution in [1.29, 1.82) is 0 Å². The molecule has 2 heteroatoms. The fourth-order valence-corrected chi connectivity index (χ4v) is 2.26. The number of hydrogen-bond donors (Lipinski definition) is 0. The number of aryl methyl sites for hydroxylation is 2. The number of ketones is 1. The first-order valence-electron chi connectivity index (χ1n) is 5.91. The van der Waals surface area contributed by atoms with Crippen LogP contribution in [0.4, 0.5) is 0 Å². The normalized spacial score (nSPS) is 10.4. The van der Waals surface area contributed by atoms with E-state index in [1.807, 2.05) is 24.3 Å². The van der Waals surface area contributed by atoms with Crippen LogP contribution < -0.4 is 0 Å². The van der Waals surface area contributed by atoms with Gasteiger partial charge in [0.25, 0.3) is 0 Å². The van der Waals surface area contributed by atoms with Crippen LogP contribution in [0.25, 0.3) is 0 Å². The van der Waals surface area contributed by atoms with E-state index >= 15 is 0 Å². The zero-order valence-corrected chi connectivity index (χ0v) is 12.7. The number of benzene rings is 2. The predicted molar refractivity (Wildman–Crippen MR) is 83.1 cm³/mol. The van der Waals surface area contributed by atoms with Crippen molar-refractivity contribution in [2.75, 3.05) is 0 Å². The van der Waals surface area contributed by atoms with Gasteiger partial charge in [0.2, 0.25) is 0 Å². The molecule has 2 rings (SSSR count). The summed E-state index contributed by atoms with van der Waals surface area (Å²) >= 11 is 2.24. The highest BCUT2D eigenvalue weighted by molar-refractivity contribution is 14.1. The molecule has 2 aromatic rings. The lowest BCUT2D eigenvalue weighted by molar-refractivity contribution is 0.0993. The molecular formula is C16H15IO. The van der Waals surface area contributed by atoms with Crippen molar-refractivity contribution in [2.24, 2.45) is 0 Å². The van der Waals surface area contributed by atoms with E-state index in [1.165, 1.54) is 11.1 Å². The lowest BCUT2D eigenvalue weighted by Crippen LogP contribution is -2.05. The van der Waals surface area contributed by atoms with E-state index in [0.717, 1.165) is 14.7 Å². The summed E-state index contributed by atoms with van der Waals surface area (Å²) in [6.07, 6.45) is 0.480. The number of hydrogen-bond acceptors (Lipinski definition) is 1. The van der Waals surface area contributed by atoms with Crippen LogP contribution in [0.1, 0.15) is 27.0 Å². The lowest BCUT2D eigenvalue weighted by atomic mass is 9.98. The van der Waals surface area contributed by atoms with E-state index in [2.05, 4.69) is 54.6 Å². The third kappa shape index (κ3) is 3.19. The van der Waals surface area contributed by atoms with E-state index in [-0.39, 0.29) is 5.78 Å². The Bertz CT molecular complexity index is 570. The molecule has 0 aliphatic heterocycles. The van der Waals surface area contributed by atoms with Crippen molar-refractivity contribution < 1.29 is 4.79 Å². The molecule has 0 unspecified atom stereocenters. The fraction of sp³-hybridized carbons (Fsp3) is 0.188. The maximum absolute atomic E-state index is 12.2.